The number of oxime groups is 1. The second kappa shape index (κ2) is 6.92. The summed E-state index contributed by atoms with van der Waals surface area (Å²) in [5.74, 6) is -2.91. The van der Waals surface area contributed by atoms with Gasteiger partial charge in [0.2, 0.25) is 5.91 Å². The second-order valence-corrected chi connectivity index (χ2v) is 7.52. The summed E-state index contributed by atoms with van der Waals surface area (Å²) in [4.78, 5) is 41.2. The van der Waals surface area contributed by atoms with Crippen LogP contribution in [0.1, 0.15) is 12.1 Å². The lowest BCUT2D eigenvalue weighted by Gasteiger charge is -2.50. The van der Waals surface area contributed by atoms with E-state index in [4.69, 9.17) is 10.9 Å². The van der Waals surface area contributed by atoms with Crippen LogP contribution >= 0.6 is 23.1 Å². The van der Waals surface area contributed by atoms with Gasteiger partial charge < -0.3 is 20.8 Å². The lowest BCUT2D eigenvalue weighted by atomic mass is 9.89. The molecule has 1 fully saturated rings. The average molecular weight is 393 g/mol. The molecule has 11 heteroatoms. The molecule has 136 valence electrons. The summed E-state index contributed by atoms with van der Waals surface area (Å²) < 4.78 is 0. The minimum Gasteiger partial charge on any atom is -0.543 e. The maximum Gasteiger partial charge on any atom is 0.234 e. The number of amides is 1. The van der Waals surface area contributed by atoms with Crippen LogP contribution in [0.5, 0.6) is 0 Å². The van der Waals surface area contributed by atoms with Gasteiger partial charge in [0, 0.05) is 17.6 Å². The fraction of sp³-hybridized carbons (Fsp3) is 0.267. The predicted octanol–water partition coefficient (Wildman–Crippen LogP) is -0.416. The summed E-state index contributed by atoms with van der Waals surface area (Å²) in [6.45, 7) is 3.55. The zero-order chi connectivity index (χ0) is 19.0. The lowest BCUT2D eigenvalue weighted by Crippen LogP contribution is -2.63. The molecule has 0 aromatic carbocycles. The Labute approximate surface area is 155 Å². The number of hydrogen-bond donors (Lipinski definition) is 2. The van der Waals surface area contributed by atoms with Gasteiger partial charge in [-0.15, -0.1) is 23.1 Å². The van der Waals surface area contributed by atoms with Crippen LogP contribution in [0, 0.1) is 5.92 Å². The largest absolute Gasteiger partial charge is 0.543 e. The zero-order valence-electron chi connectivity index (χ0n) is 13.2. The van der Waals surface area contributed by atoms with Gasteiger partial charge in [-0.1, -0.05) is 17.8 Å². The van der Waals surface area contributed by atoms with E-state index in [-0.39, 0.29) is 28.7 Å². The maximum absolute atomic E-state index is 12.4. The van der Waals surface area contributed by atoms with Crippen LogP contribution < -0.4 is 10.8 Å². The van der Waals surface area contributed by atoms with Crippen LogP contribution in [0.3, 0.4) is 0 Å². The Hall–Kier alpha value is -2.66. The molecule has 0 aliphatic carbocycles. The SMILES string of the molecule is C=CC1=C(C(=O)[O-])N2C(=O)C(CC(=O)/C(=N\O)c3csc(N)n3)C2SC1. The molecule has 1 amide bonds. The molecule has 1 saturated heterocycles. The van der Waals surface area contributed by atoms with Crippen LogP contribution in [0.4, 0.5) is 5.13 Å². The lowest BCUT2D eigenvalue weighted by molar-refractivity contribution is -0.301. The van der Waals surface area contributed by atoms with E-state index in [1.165, 1.54) is 23.2 Å². The fourth-order valence-corrected chi connectivity index (χ4v) is 4.82. The number of rotatable bonds is 6. The molecule has 1 aromatic heterocycles. The summed E-state index contributed by atoms with van der Waals surface area (Å²) in [6, 6.07) is 0. The number of carbonyl (C=O) groups is 3. The van der Waals surface area contributed by atoms with Crippen molar-refractivity contribution in [1.82, 2.24) is 9.88 Å². The van der Waals surface area contributed by atoms with E-state index in [2.05, 4.69) is 16.7 Å². The van der Waals surface area contributed by atoms with Gasteiger partial charge in [0.25, 0.3) is 0 Å². The number of aliphatic carboxylic acids is 1. The number of β-lactam (4-membered cyclic amide) rings is 1. The Morgan fingerprint density at radius 3 is 2.85 bits per heavy atom. The number of carboxylic acid groups (broad SMARTS) is 1. The molecule has 0 spiro atoms. The highest BCUT2D eigenvalue weighted by Crippen LogP contribution is 2.45. The third-order valence-corrected chi connectivity index (χ3v) is 6.11. The fourth-order valence-electron chi connectivity index (χ4n) is 2.87. The molecule has 2 aliphatic heterocycles. The van der Waals surface area contributed by atoms with Crippen molar-refractivity contribution in [2.75, 3.05) is 11.5 Å². The number of thiazole rings is 1. The van der Waals surface area contributed by atoms with Crippen LogP contribution in [0.2, 0.25) is 0 Å². The van der Waals surface area contributed by atoms with E-state index in [1.54, 1.807) is 0 Å². The molecule has 0 radical (unpaired) electrons. The number of carbonyl (C=O) groups excluding carboxylic acids is 3. The number of nitrogens with zero attached hydrogens (tertiary/aromatic N) is 3. The first-order valence-electron chi connectivity index (χ1n) is 7.37. The van der Waals surface area contributed by atoms with E-state index in [0.29, 0.717) is 11.3 Å². The van der Waals surface area contributed by atoms with Crippen molar-refractivity contribution in [2.24, 2.45) is 11.1 Å². The number of anilines is 1. The Bertz CT molecular complexity index is 875. The van der Waals surface area contributed by atoms with Gasteiger partial charge in [-0.25, -0.2) is 4.98 Å². The highest BCUT2D eigenvalue weighted by molar-refractivity contribution is 8.00. The number of Topliss-reactive ketones (excluding diaryl/α,β-unsaturated/α-hetero) is 1. The minimum absolute atomic E-state index is 0.129. The number of fused-ring (bicyclic) bond motifs is 1. The zero-order valence-corrected chi connectivity index (χ0v) is 14.9. The van der Waals surface area contributed by atoms with Crippen LogP contribution in [-0.2, 0) is 14.4 Å². The number of nitrogens with two attached hydrogens (primary N) is 1. The third kappa shape index (κ3) is 2.88. The second-order valence-electron chi connectivity index (χ2n) is 5.53. The number of aromatic nitrogens is 1. The van der Waals surface area contributed by atoms with Gasteiger partial charge in [0.05, 0.1) is 23.0 Å². The average Bonchev–Trinajstić information content (AvgIpc) is 3.04. The molecule has 26 heavy (non-hydrogen) atoms. The van der Waals surface area contributed by atoms with Gasteiger partial charge in [0.1, 0.15) is 5.69 Å². The molecule has 1 aromatic rings. The van der Waals surface area contributed by atoms with E-state index < -0.39 is 29.0 Å². The Kier molecular flexibility index (Phi) is 4.83. The molecule has 2 aliphatic rings. The molecule has 9 nitrogen and oxygen atoms in total. The van der Waals surface area contributed by atoms with E-state index in [9.17, 15) is 19.5 Å². The van der Waals surface area contributed by atoms with Gasteiger partial charge in [-0.2, -0.15) is 0 Å². The highest BCUT2D eigenvalue weighted by atomic mass is 32.2. The van der Waals surface area contributed by atoms with Gasteiger partial charge in [-0.05, 0) is 5.57 Å². The Morgan fingerprint density at radius 2 is 2.31 bits per heavy atom. The number of nitrogen functional groups attached to an aromatic ring is 1. The monoisotopic (exact) mass is 393 g/mol. The summed E-state index contributed by atoms with van der Waals surface area (Å²) in [5.41, 5.74) is 5.55. The summed E-state index contributed by atoms with van der Waals surface area (Å²) in [7, 11) is 0. The topological polar surface area (TPSA) is 149 Å². The van der Waals surface area contributed by atoms with Crippen molar-refractivity contribution >= 4 is 51.6 Å². The highest BCUT2D eigenvalue weighted by Gasteiger charge is 2.52. The molecule has 0 saturated carbocycles. The van der Waals surface area contributed by atoms with Gasteiger partial charge in [0.15, 0.2) is 16.6 Å². The van der Waals surface area contributed by atoms with E-state index in [0.717, 1.165) is 16.2 Å². The van der Waals surface area contributed by atoms with Crippen molar-refractivity contribution in [2.45, 2.75) is 11.8 Å². The molecule has 3 rings (SSSR count). The van der Waals surface area contributed by atoms with Gasteiger partial charge in [-0.3, -0.25) is 14.5 Å². The summed E-state index contributed by atoms with van der Waals surface area (Å²) >= 11 is 2.42. The smallest absolute Gasteiger partial charge is 0.234 e. The summed E-state index contributed by atoms with van der Waals surface area (Å²) in [5, 5.41) is 24.7. The standard InChI is InChI=1S/C15H14N4O5S2/c1-2-6-4-25-13-7(12(21)19(13)11(6)14(22)23)3-9(20)10(18-24)8-5-26-15(16)17-8/h2,5,7,13,24H,1,3-4H2,(H2,16,17)(H,22,23)/p-1/b18-10-. The Balaban J connectivity index is 1.78. The van der Waals surface area contributed by atoms with Gasteiger partial charge >= 0.3 is 0 Å². The van der Waals surface area contributed by atoms with Crippen LogP contribution in [0.25, 0.3) is 0 Å². The normalized spacial score (nSPS) is 22.7. The molecular formula is C15H13N4O5S2-. The predicted molar refractivity (Wildman–Crippen MR) is 93.3 cm³/mol. The quantitative estimate of drug-likeness (QED) is 0.286. The molecule has 3 heterocycles. The van der Waals surface area contributed by atoms with Crippen molar-refractivity contribution < 1.29 is 24.7 Å². The number of hydrogen-bond acceptors (Lipinski definition) is 10. The van der Waals surface area contributed by atoms with Crippen molar-refractivity contribution in [3.05, 3.63) is 35.0 Å². The van der Waals surface area contributed by atoms with Crippen LogP contribution in [0.15, 0.2) is 34.5 Å². The maximum atomic E-state index is 12.4. The van der Waals surface area contributed by atoms with E-state index >= 15 is 0 Å². The Morgan fingerprint density at radius 1 is 1.58 bits per heavy atom. The first kappa shape index (κ1) is 18.1. The minimum atomic E-state index is -1.46. The first-order valence-corrected chi connectivity index (χ1v) is 9.30. The molecular weight excluding hydrogens is 380 g/mol. The number of ketones is 1. The van der Waals surface area contributed by atoms with Crippen molar-refractivity contribution in [3.8, 4) is 0 Å². The number of allylic oxidation sites excluding steroid dienone is 1. The third-order valence-electron chi connectivity index (χ3n) is 4.08. The number of thioether (sulfide) groups is 1. The van der Waals surface area contributed by atoms with E-state index in [1.807, 2.05) is 0 Å². The number of carboxylic acids is 1. The first-order chi connectivity index (χ1) is 12.4. The van der Waals surface area contributed by atoms with Crippen LogP contribution in [-0.4, -0.2) is 49.6 Å². The molecule has 2 atom stereocenters. The summed E-state index contributed by atoms with van der Waals surface area (Å²) in [6.07, 6.45) is 1.15. The van der Waals surface area contributed by atoms with Crippen molar-refractivity contribution in [1.29, 1.82) is 0 Å². The molecule has 3 N–H and O–H groups in total. The molecule has 2 unspecified atom stereocenters. The van der Waals surface area contributed by atoms with Crippen molar-refractivity contribution in [3.63, 3.8) is 0 Å². The molecule has 0 bridgehead atoms.